The van der Waals surface area contributed by atoms with Gasteiger partial charge in [-0.1, -0.05) is 24.3 Å². The first-order valence-electron chi connectivity index (χ1n) is 5.52. The highest BCUT2D eigenvalue weighted by Gasteiger charge is 2.42. The quantitative estimate of drug-likeness (QED) is 0.833. The summed E-state index contributed by atoms with van der Waals surface area (Å²) in [4.78, 5) is 21.8. The molecule has 0 bridgehead atoms. The maximum Gasteiger partial charge on any atom is 0.565 e. The van der Waals surface area contributed by atoms with Crippen molar-refractivity contribution in [2.45, 2.75) is 18.7 Å². The number of rotatable bonds is 3. The molecule has 1 aliphatic heterocycles. The van der Waals surface area contributed by atoms with Gasteiger partial charge in [0.15, 0.2) is 6.10 Å². The highest BCUT2D eigenvalue weighted by Crippen LogP contribution is 2.28. The van der Waals surface area contributed by atoms with Crippen LogP contribution in [-0.4, -0.2) is 30.3 Å². The van der Waals surface area contributed by atoms with Crippen molar-refractivity contribution in [2.75, 3.05) is 0 Å². The van der Waals surface area contributed by atoms with Crippen molar-refractivity contribution >= 4 is 24.5 Å². The highest BCUT2D eigenvalue weighted by atomic mass is 19.4. The molecule has 0 radical (unpaired) electrons. The first-order chi connectivity index (χ1) is 9.27. The molecule has 1 unspecified atom stereocenters. The van der Waals surface area contributed by atoms with Gasteiger partial charge in [-0.2, -0.15) is 13.2 Å². The number of carbonyl (C=O) groups is 2. The van der Waals surface area contributed by atoms with Crippen molar-refractivity contribution < 1.29 is 37.2 Å². The molecule has 1 N–H and O–H groups in total. The molecule has 1 fully saturated rings. The van der Waals surface area contributed by atoms with Crippen molar-refractivity contribution in [2.24, 2.45) is 0 Å². The summed E-state index contributed by atoms with van der Waals surface area (Å²) in [6, 6.07) is 3.89. The molecule has 1 atom stereocenters. The highest BCUT2D eigenvalue weighted by molar-refractivity contribution is 6.64. The van der Waals surface area contributed by atoms with Gasteiger partial charge in [-0.05, 0) is 5.46 Å². The van der Waals surface area contributed by atoms with Crippen LogP contribution in [0.4, 0.5) is 13.2 Å². The van der Waals surface area contributed by atoms with Gasteiger partial charge < -0.3 is 14.4 Å². The minimum absolute atomic E-state index is 0.208. The molecule has 9 heteroatoms. The predicted octanol–water partition coefficient (Wildman–Crippen LogP) is 0.817. The van der Waals surface area contributed by atoms with E-state index in [-0.39, 0.29) is 5.46 Å². The summed E-state index contributed by atoms with van der Waals surface area (Å²) in [5, 5.41) is 8.56. The molecule has 1 aromatic carbocycles. The van der Waals surface area contributed by atoms with Crippen LogP contribution in [0.3, 0.4) is 0 Å². The van der Waals surface area contributed by atoms with E-state index in [2.05, 4.69) is 0 Å². The van der Waals surface area contributed by atoms with Crippen molar-refractivity contribution in [3.63, 3.8) is 0 Å². The standard InChI is InChI=1S/C11H8BF3O5/c13-11(14,15)6-1-3-7(4-2-6)12-19-8(5-9(16)17)10(18)20-12/h1-4,8H,5H2,(H,16,17). The molecular formula is C11H8BF3O5. The lowest BCUT2D eigenvalue weighted by Gasteiger charge is -2.08. The number of carboxylic acids is 1. The van der Waals surface area contributed by atoms with E-state index in [0.29, 0.717) is 0 Å². The van der Waals surface area contributed by atoms with Crippen LogP contribution in [0, 0.1) is 0 Å². The third-order valence-electron chi connectivity index (χ3n) is 2.64. The summed E-state index contributed by atoms with van der Waals surface area (Å²) in [6.45, 7) is 0. The van der Waals surface area contributed by atoms with Crippen LogP contribution in [-0.2, 0) is 25.1 Å². The molecule has 0 aromatic heterocycles. The van der Waals surface area contributed by atoms with E-state index in [1.807, 2.05) is 0 Å². The minimum atomic E-state index is -4.46. The average Bonchev–Trinajstić information content (AvgIpc) is 2.69. The van der Waals surface area contributed by atoms with E-state index < -0.39 is 43.3 Å². The Hall–Kier alpha value is -2.03. The average molecular weight is 288 g/mol. The fourth-order valence-corrected chi connectivity index (χ4v) is 1.68. The van der Waals surface area contributed by atoms with Gasteiger partial charge in [0.2, 0.25) is 0 Å². The number of benzene rings is 1. The van der Waals surface area contributed by atoms with Crippen molar-refractivity contribution in [3.8, 4) is 0 Å². The van der Waals surface area contributed by atoms with Crippen LogP contribution in [0.1, 0.15) is 12.0 Å². The number of carbonyl (C=O) groups excluding carboxylic acids is 1. The van der Waals surface area contributed by atoms with Crippen molar-refractivity contribution in [1.29, 1.82) is 0 Å². The monoisotopic (exact) mass is 288 g/mol. The van der Waals surface area contributed by atoms with Crippen LogP contribution in [0.25, 0.3) is 0 Å². The molecule has 1 aromatic rings. The fourth-order valence-electron chi connectivity index (χ4n) is 1.68. The summed E-state index contributed by atoms with van der Waals surface area (Å²) < 4.78 is 47.0. The zero-order valence-corrected chi connectivity index (χ0v) is 9.89. The van der Waals surface area contributed by atoms with Gasteiger partial charge in [-0.15, -0.1) is 0 Å². The first kappa shape index (κ1) is 14.4. The minimum Gasteiger partial charge on any atom is -0.504 e. The molecule has 1 aliphatic rings. The topological polar surface area (TPSA) is 72.8 Å². The van der Waals surface area contributed by atoms with Gasteiger partial charge >= 0.3 is 25.2 Å². The summed E-state index contributed by atoms with van der Waals surface area (Å²) >= 11 is 0. The third-order valence-corrected chi connectivity index (χ3v) is 2.64. The van der Waals surface area contributed by atoms with Gasteiger partial charge in [0, 0.05) is 0 Å². The van der Waals surface area contributed by atoms with Crippen molar-refractivity contribution in [1.82, 2.24) is 0 Å². The molecule has 2 rings (SSSR count). The van der Waals surface area contributed by atoms with Crippen LogP contribution in [0.15, 0.2) is 24.3 Å². The number of carboxylic acid groups (broad SMARTS) is 1. The molecule has 0 spiro atoms. The zero-order chi connectivity index (χ0) is 14.9. The molecule has 1 saturated heterocycles. The van der Waals surface area contributed by atoms with Crippen LogP contribution >= 0.6 is 0 Å². The number of aliphatic carboxylic acids is 1. The van der Waals surface area contributed by atoms with E-state index in [4.69, 9.17) is 14.4 Å². The molecule has 106 valence electrons. The van der Waals surface area contributed by atoms with Gasteiger partial charge in [0.1, 0.15) is 0 Å². The van der Waals surface area contributed by atoms with Gasteiger partial charge in [-0.25, -0.2) is 0 Å². The molecule has 0 saturated carbocycles. The Morgan fingerprint density at radius 1 is 1.30 bits per heavy atom. The Bertz CT molecular complexity index is 528. The van der Waals surface area contributed by atoms with Gasteiger partial charge in [0.05, 0.1) is 12.0 Å². The Labute approximate surface area is 111 Å². The Morgan fingerprint density at radius 2 is 1.90 bits per heavy atom. The molecule has 20 heavy (non-hydrogen) atoms. The van der Waals surface area contributed by atoms with E-state index in [9.17, 15) is 22.8 Å². The second kappa shape index (κ2) is 5.16. The molecule has 0 amide bonds. The summed E-state index contributed by atoms with van der Waals surface area (Å²) in [7, 11) is -1.19. The normalized spacial score (nSPS) is 19.1. The number of halogens is 3. The maximum absolute atomic E-state index is 12.4. The SMILES string of the molecule is O=C(O)CC1OB(c2ccc(C(F)(F)F)cc2)OC1=O. The summed E-state index contributed by atoms with van der Waals surface area (Å²) in [6.07, 6.45) is -6.27. The van der Waals surface area contributed by atoms with Crippen LogP contribution in [0.5, 0.6) is 0 Å². The maximum atomic E-state index is 12.4. The smallest absolute Gasteiger partial charge is 0.504 e. The third kappa shape index (κ3) is 3.10. The summed E-state index contributed by atoms with van der Waals surface area (Å²) in [5.74, 6) is -2.09. The Kier molecular flexibility index (Phi) is 3.71. The number of hydrogen-bond acceptors (Lipinski definition) is 4. The lowest BCUT2D eigenvalue weighted by atomic mass is 9.79. The van der Waals surface area contributed by atoms with E-state index in [0.717, 1.165) is 24.3 Å². The number of alkyl halides is 3. The lowest BCUT2D eigenvalue weighted by Crippen LogP contribution is -2.32. The summed E-state index contributed by atoms with van der Waals surface area (Å²) in [5.41, 5.74) is -0.633. The van der Waals surface area contributed by atoms with Gasteiger partial charge in [0.25, 0.3) is 0 Å². The van der Waals surface area contributed by atoms with Crippen LogP contribution < -0.4 is 5.46 Å². The second-order valence-electron chi connectivity index (χ2n) is 4.11. The first-order valence-corrected chi connectivity index (χ1v) is 5.52. The Balaban J connectivity index is 2.10. The zero-order valence-electron chi connectivity index (χ0n) is 9.89. The largest absolute Gasteiger partial charge is 0.565 e. The lowest BCUT2D eigenvalue weighted by molar-refractivity contribution is -0.145. The molecular weight excluding hydrogens is 280 g/mol. The molecule has 1 heterocycles. The van der Waals surface area contributed by atoms with E-state index in [1.54, 1.807) is 0 Å². The van der Waals surface area contributed by atoms with E-state index in [1.165, 1.54) is 0 Å². The molecule has 0 aliphatic carbocycles. The Morgan fingerprint density at radius 3 is 2.40 bits per heavy atom. The molecule has 5 nitrogen and oxygen atoms in total. The van der Waals surface area contributed by atoms with E-state index >= 15 is 0 Å². The van der Waals surface area contributed by atoms with Gasteiger partial charge in [-0.3, -0.25) is 9.59 Å². The fraction of sp³-hybridized carbons (Fsp3) is 0.273. The predicted molar refractivity (Wildman–Crippen MR) is 60.0 cm³/mol. The second-order valence-corrected chi connectivity index (χ2v) is 4.11. The van der Waals surface area contributed by atoms with Crippen LogP contribution in [0.2, 0.25) is 0 Å². The number of hydrogen-bond donors (Lipinski definition) is 1. The van der Waals surface area contributed by atoms with Crippen molar-refractivity contribution in [3.05, 3.63) is 29.8 Å².